The minimum absolute atomic E-state index is 0. The molecule has 0 aliphatic rings. The number of oxime groups is 1. The molecule has 1 rings (SSSR count). The van der Waals surface area contributed by atoms with Crippen molar-refractivity contribution in [3.8, 4) is 0 Å². The van der Waals surface area contributed by atoms with Crippen molar-refractivity contribution in [3.05, 3.63) is 34.9 Å². The molecular formula is C7H5ClNNaO2. The van der Waals surface area contributed by atoms with Crippen LogP contribution in [-0.2, 0) is 0 Å². The van der Waals surface area contributed by atoms with Gasteiger partial charge in [0, 0.05) is 10.9 Å². The van der Waals surface area contributed by atoms with E-state index in [9.17, 15) is 5.11 Å². The zero-order chi connectivity index (χ0) is 8.27. The molecule has 1 N–H and O–H groups in total. The summed E-state index contributed by atoms with van der Waals surface area (Å²) in [4.78, 5) is 0. The molecule has 0 aromatic heterocycles. The molecule has 0 saturated heterocycles. The molecule has 0 atom stereocenters. The van der Waals surface area contributed by atoms with Crippen LogP contribution in [0.1, 0.15) is 5.56 Å². The summed E-state index contributed by atoms with van der Waals surface area (Å²) in [5, 5.41) is 21.7. The Balaban J connectivity index is 0.00000121. The molecule has 0 aliphatic carbocycles. The van der Waals surface area contributed by atoms with Gasteiger partial charge in [-0.3, -0.25) is 0 Å². The van der Waals surface area contributed by atoms with Crippen molar-refractivity contribution >= 4 is 17.5 Å². The largest absolute Gasteiger partial charge is 1.00 e. The van der Waals surface area contributed by atoms with E-state index in [0.717, 1.165) is 0 Å². The predicted molar refractivity (Wildman–Crippen MR) is 39.8 cm³/mol. The van der Waals surface area contributed by atoms with Gasteiger partial charge < -0.3 is 10.3 Å². The van der Waals surface area contributed by atoms with Gasteiger partial charge in [0.15, 0.2) is 0 Å². The fraction of sp³-hybridized carbons (Fsp3) is 0. The van der Waals surface area contributed by atoms with E-state index < -0.39 is 5.90 Å². The quantitative estimate of drug-likeness (QED) is 0.182. The van der Waals surface area contributed by atoms with Crippen LogP contribution in [0.2, 0.25) is 5.02 Å². The van der Waals surface area contributed by atoms with E-state index in [4.69, 9.17) is 16.8 Å². The van der Waals surface area contributed by atoms with E-state index in [1.807, 2.05) is 0 Å². The summed E-state index contributed by atoms with van der Waals surface area (Å²) in [6.07, 6.45) is 0. The second-order valence-electron chi connectivity index (χ2n) is 1.92. The molecule has 0 heterocycles. The van der Waals surface area contributed by atoms with Crippen LogP contribution in [0.25, 0.3) is 0 Å². The Hall–Kier alpha value is -0.220. The molecule has 5 heteroatoms. The zero-order valence-electron chi connectivity index (χ0n) is 6.49. The molecule has 0 radical (unpaired) electrons. The molecule has 0 amide bonds. The summed E-state index contributed by atoms with van der Waals surface area (Å²) in [5.74, 6) is -0.688. The molecule has 1 aromatic carbocycles. The van der Waals surface area contributed by atoms with Crippen molar-refractivity contribution in [2.24, 2.45) is 5.16 Å². The van der Waals surface area contributed by atoms with Crippen LogP contribution in [0.4, 0.5) is 0 Å². The standard InChI is InChI=1S/C7H6ClNO2.Na/c8-6-3-1-2-5(4-6)7(10)9-11;/h1-4,11H,(H,9,10);/q;+1/p-1. The van der Waals surface area contributed by atoms with Gasteiger partial charge >= 0.3 is 29.6 Å². The smallest absolute Gasteiger partial charge is 0.856 e. The van der Waals surface area contributed by atoms with Gasteiger partial charge in [-0.05, 0) is 17.7 Å². The Morgan fingerprint density at radius 3 is 2.67 bits per heavy atom. The van der Waals surface area contributed by atoms with E-state index in [1.54, 1.807) is 12.1 Å². The summed E-state index contributed by atoms with van der Waals surface area (Å²) >= 11 is 5.57. The predicted octanol–water partition coefficient (Wildman–Crippen LogP) is -2.16. The van der Waals surface area contributed by atoms with Crippen LogP contribution in [0.3, 0.4) is 0 Å². The van der Waals surface area contributed by atoms with Gasteiger partial charge in [-0.25, -0.2) is 0 Å². The third kappa shape index (κ3) is 3.03. The third-order valence-corrected chi connectivity index (χ3v) is 1.40. The maximum absolute atomic E-state index is 10.7. The fourth-order valence-electron chi connectivity index (χ4n) is 0.679. The molecule has 0 spiro atoms. The molecule has 58 valence electrons. The van der Waals surface area contributed by atoms with Crippen molar-refractivity contribution in [1.82, 2.24) is 0 Å². The Labute approximate surface area is 97.0 Å². The number of halogens is 1. The molecule has 0 saturated carbocycles. The van der Waals surface area contributed by atoms with Crippen LogP contribution >= 0.6 is 11.6 Å². The molecule has 12 heavy (non-hydrogen) atoms. The van der Waals surface area contributed by atoms with Crippen molar-refractivity contribution in [2.45, 2.75) is 0 Å². The Kier molecular flexibility index (Phi) is 5.33. The molecule has 0 unspecified atom stereocenters. The van der Waals surface area contributed by atoms with Crippen LogP contribution in [0, 0.1) is 0 Å². The molecule has 3 nitrogen and oxygen atoms in total. The number of nitrogens with zero attached hydrogens (tertiary/aromatic N) is 1. The minimum atomic E-state index is -0.688. The Morgan fingerprint density at radius 2 is 2.17 bits per heavy atom. The van der Waals surface area contributed by atoms with Crippen molar-refractivity contribution in [1.29, 1.82) is 0 Å². The molecule has 0 bridgehead atoms. The minimum Gasteiger partial charge on any atom is -0.856 e. The number of hydrogen-bond donors (Lipinski definition) is 1. The Bertz CT molecular complexity index is 290. The van der Waals surface area contributed by atoms with E-state index in [-0.39, 0.29) is 35.1 Å². The van der Waals surface area contributed by atoms with E-state index >= 15 is 0 Å². The van der Waals surface area contributed by atoms with Crippen molar-refractivity contribution < 1.29 is 39.9 Å². The van der Waals surface area contributed by atoms with Crippen LogP contribution in [-0.4, -0.2) is 11.1 Å². The maximum atomic E-state index is 10.7. The maximum Gasteiger partial charge on any atom is 1.00 e. The average molecular weight is 194 g/mol. The number of benzene rings is 1. The van der Waals surface area contributed by atoms with Gasteiger partial charge in [0.05, 0.1) is 0 Å². The first-order valence-corrected chi connectivity index (χ1v) is 3.27. The molecule has 0 fully saturated rings. The van der Waals surface area contributed by atoms with Crippen molar-refractivity contribution in [3.63, 3.8) is 0 Å². The molecular weight excluding hydrogens is 189 g/mol. The third-order valence-electron chi connectivity index (χ3n) is 1.16. The first-order chi connectivity index (χ1) is 5.24. The van der Waals surface area contributed by atoms with Gasteiger partial charge in [0.1, 0.15) is 0 Å². The van der Waals surface area contributed by atoms with E-state index in [0.29, 0.717) is 5.02 Å². The van der Waals surface area contributed by atoms with Crippen LogP contribution in [0.5, 0.6) is 0 Å². The normalized spacial score (nSPS) is 10.6. The van der Waals surface area contributed by atoms with Crippen LogP contribution < -0.4 is 34.7 Å². The zero-order valence-corrected chi connectivity index (χ0v) is 9.25. The molecule has 0 aliphatic heterocycles. The first kappa shape index (κ1) is 11.8. The SMILES string of the molecule is [Na+].[O-]C(=NO)c1cccc(Cl)c1. The summed E-state index contributed by atoms with van der Waals surface area (Å²) in [6.45, 7) is 0. The summed E-state index contributed by atoms with van der Waals surface area (Å²) < 4.78 is 0. The van der Waals surface area contributed by atoms with E-state index in [2.05, 4.69) is 5.16 Å². The number of rotatable bonds is 1. The first-order valence-electron chi connectivity index (χ1n) is 2.89. The van der Waals surface area contributed by atoms with E-state index in [1.165, 1.54) is 12.1 Å². The number of hydrogen-bond acceptors (Lipinski definition) is 3. The average Bonchev–Trinajstić information content (AvgIpc) is 2.03. The summed E-state index contributed by atoms with van der Waals surface area (Å²) in [7, 11) is 0. The topological polar surface area (TPSA) is 55.7 Å². The second-order valence-corrected chi connectivity index (χ2v) is 2.35. The van der Waals surface area contributed by atoms with Crippen molar-refractivity contribution in [2.75, 3.05) is 0 Å². The monoisotopic (exact) mass is 193 g/mol. The van der Waals surface area contributed by atoms with Gasteiger partial charge in [-0.15, -0.1) is 5.16 Å². The summed E-state index contributed by atoms with van der Waals surface area (Å²) in [6, 6.07) is 6.20. The summed E-state index contributed by atoms with van der Waals surface area (Å²) in [5.41, 5.74) is 0.278. The fourth-order valence-corrected chi connectivity index (χ4v) is 0.870. The molecule has 1 aromatic rings. The second kappa shape index (κ2) is 5.43. The Morgan fingerprint density at radius 1 is 1.50 bits per heavy atom. The van der Waals surface area contributed by atoms with Gasteiger partial charge in [-0.2, -0.15) is 0 Å². The van der Waals surface area contributed by atoms with Gasteiger partial charge in [0.2, 0.25) is 0 Å². The van der Waals surface area contributed by atoms with Crippen LogP contribution in [0.15, 0.2) is 29.4 Å². The van der Waals surface area contributed by atoms with Gasteiger partial charge in [0.25, 0.3) is 0 Å². The van der Waals surface area contributed by atoms with Gasteiger partial charge in [-0.1, -0.05) is 23.7 Å².